The molecule has 1 rings (SSSR count). The van der Waals surface area contributed by atoms with Crippen molar-refractivity contribution in [2.75, 3.05) is 39.4 Å². The van der Waals surface area contributed by atoms with Gasteiger partial charge in [0, 0.05) is 0 Å². The molecule has 0 saturated carbocycles. The Labute approximate surface area is 99.0 Å². The van der Waals surface area contributed by atoms with E-state index in [9.17, 15) is 0 Å². The second kappa shape index (κ2) is 7.66. The number of unbranched alkanes of at least 4 members (excludes halogenated alkanes) is 1. The van der Waals surface area contributed by atoms with Crippen molar-refractivity contribution in [1.29, 1.82) is 0 Å². The summed E-state index contributed by atoms with van der Waals surface area (Å²) < 4.78 is 6.76. The smallest absolute Gasteiger partial charge is 0.102 e. The third-order valence-corrected chi connectivity index (χ3v) is 3.10. The second-order valence-corrected chi connectivity index (χ2v) is 4.20. The minimum atomic E-state index is 0. The van der Waals surface area contributed by atoms with Crippen LogP contribution in [0.3, 0.4) is 0 Å². The van der Waals surface area contributed by atoms with Gasteiger partial charge in [-0.05, 0) is 12.8 Å². The number of halogens is 1. The highest BCUT2D eigenvalue weighted by molar-refractivity contribution is 4.50. The summed E-state index contributed by atoms with van der Waals surface area (Å²) in [5, 5.41) is 0. The van der Waals surface area contributed by atoms with Gasteiger partial charge in [-0.2, -0.15) is 0 Å². The minimum Gasteiger partial charge on any atom is -1.00 e. The molecule has 0 unspecified atom stereocenters. The molecule has 0 aromatic heterocycles. The first kappa shape index (κ1) is 14.4. The Bertz CT molecular complexity index is 130. The number of hydrogen-bond donors (Lipinski definition) is 0. The summed E-state index contributed by atoms with van der Waals surface area (Å²) in [6.07, 6.45) is 4.01. The van der Waals surface area contributed by atoms with E-state index >= 15 is 0 Å². The van der Waals surface area contributed by atoms with Crippen molar-refractivity contribution >= 4 is 0 Å². The van der Waals surface area contributed by atoms with Crippen LogP contribution in [-0.2, 0) is 4.74 Å². The Kier molecular flexibility index (Phi) is 7.88. The van der Waals surface area contributed by atoms with Gasteiger partial charge in [0.05, 0.1) is 26.3 Å². The maximum Gasteiger partial charge on any atom is 0.102 e. The molecule has 0 amide bonds. The van der Waals surface area contributed by atoms with Crippen LogP contribution < -0.4 is 17.0 Å². The molecule has 86 valence electrons. The third kappa shape index (κ3) is 4.28. The summed E-state index contributed by atoms with van der Waals surface area (Å²) in [5.74, 6) is 0. The van der Waals surface area contributed by atoms with Crippen LogP contribution in [0.25, 0.3) is 0 Å². The molecule has 1 heterocycles. The lowest BCUT2D eigenvalue weighted by molar-refractivity contribution is -0.935. The van der Waals surface area contributed by atoms with Crippen molar-refractivity contribution < 1.29 is 26.2 Å². The fourth-order valence-corrected chi connectivity index (χ4v) is 2.26. The predicted molar refractivity (Wildman–Crippen MR) is 55.7 cm³/mol. The lowest BCUT2D eigenvalue weighted by atomic mass is 10.2. The molecule has 0 aromatic rings. The molecule has 0 bridgehead atoms. The first-order chi connectivity index (χ1) is 6.33. The molecule has 0 aromatic carbocycles. The van der Waals surface area contributed by atoms with Crippen LogP contribution in [0.1, 0.15) is 33.1 Å². The Morgan fingerprint density at radius 1 is 1.00 bits per heavy atom. The van der Waals surface area contributed by atoms with Crippen LogP contribution in [0.15, 0.2) is 0 Å². The molecule has 1 aliphatic rings. The van der Waals surface area contributed by atoms with Crippen LogP contribution in [0.2, 0.25) is 0 Å². The van der Waals surface area contributed by atoms with Crippen molar-refractivity contribution in [2.45, 2.75) is 33.1 Å². The summed E-state index contributed by atoms with van der Waals surface area (Å²) in [5.41, 5.74) is 0. The first-order valence-corrected chi connectivity index (χ1v) is 5.76. The Hall–Kier alpha value is 0.400. The van der Waals surface area contributed by atoms with Gasteiger partial charge < -0.3 is 26.2 Å². The van der Waals surface area contributed by atoms with Gasteiger partial charge in [-0.25, -0.2) is 0 Å². The molecule has 0 radical (unpaired) electrons. The summed E-state index contributed by atoms with van der Waals surface area (Å²) >= 11 is 0. The van der Waals surface area contributed by atoms with E-state index in [0.717, 1.165) is 13.2 Å². The number of morpholine rings is 1. The number of hydrogen-bond acceptors (Lipinski definition) is 1. The Morgan fingerprint density at radius 3 is 2.14 bits per heavy atom. The van der Waals surface area contributed by atoms with E-state index in [-0.39, 0.29) is 17.0 Å². The maximum atomic E-state index is 5.44. The fraction of sp³-hybridized carbons (Fsp3) is 1.00. The van der Waals surface area contributed by atoms with Crippen LogP contribution >= 0.6 is 0 Å². The van der Waals surface area contributed by atoms with Crippen LogP contribution in [0, 0.1) is 0 Å². The van der Waals surface area contributed by atoms with Gasteiger partial charge in [0.2, 0.25) is 0 Å². The van der Waals surface area contributed by atoms with E-state index in [1.165, 1.54) is 49.9 Å². The molecule has 1 saturated heterocycles. The minimum absolute atomic E-state index is 0. The monoisotopic (exact) mass is 265 g/mol. The lowest BCUT2D eigenvalue weighted by Crippen LogP contribution is -3.00. The van der Waals surface area contributed by atoms with Gasteiger partial charge in [-0.3, -0.25) is 0 Å². The number of rotatable bonds is 5. The third-order valence-electron chi connectivity index (χ3n) is 3.10. The Balaban J connectivity index is 0.00000169. The zero-order chi connectivity index (χ0) is 9.57. The van der Waals surface area contributed by atoms with Gasteiger partial charge in [0.15, 0.2) is 0 Å². The zero-order valence-corrected chi connectivity index (χ0v) is 11.2. The summed E-state index contributed by atoms with van der Waals surface area (Å²) in [7, 11) is 0. The molecule has 0 spiro atoms. The number of ether oxygens (including phenoxy) is 1. The van der Waals surface area contributed by atoms with E-state index in [1.54, 1.807) is 0 Å². The molecular weight excluding hydrogens is 242 g/mol. The van der Waals surface area contributed by atoms with E-state index in [4.69, 9.17) is 4.74 Å². The highest BCUT2D eigenvalue weighted by Gasteiger charge is 2.28. The maximum absolute atomic E-state index is 5.44. The fourth-order valence-electron chi connectivity index (χ4n) is 2.26. The Morgan fingerprint density at radius 2 is 1.64 bits per heavy atom. The average Bonchev–Trinajstić information content (AvgIpc) is 2.17. The summed E-state index contributed by atoms with van der Waals surface area (Å²) in [6, 6.07) is 0. The lowest BCUT2D eigenvalue weighted by Gasteiger charge is -2.41. The molecular formula is C11H24BrNO. The highest BCUT2D eigenvalue weighted by Crippen LogP contribution is 2.14. The van der Waals surface area contributed by atoms with E-state index in [1.807, 2.05) is 0 Å². The van der Waals surface area contributed by atoms with Crippen LogP contribution in [-0.4, -0.2) is 43.9 Å². The topological polar surface area (TPSA) is 9.23 Å². The van der Waals surface area contributed by atoms with Crippen molar-refractivity contribution in [2.24, 2.45) is 0 Å². The van der Waals surface area contributed by atoms with Crippen molar-refractivity contribution in [3.8, 4) is 0 Å². The quantitative estimate of drug-likeness (QED) is 0.583. The number of nitrogens with zero attached hydrogens (tertiary/aromatic N) is 1. The molecule has 1 aliphatic heterocycles. The molecule has 0 N–H and O–H groups in total. The SMILES string of the molecule is CCCC[N+]1(CCC)CCOCC1.[Br-]. The van der Waals surface area contributed by atoms with E-state index in [0.29, 0.717) is 0 Å². The standard InChI is InChI=1S/C11H24NO.BrH/c1-3-5-7-12(6-4-2)8-10-13-11-9-12;/h3-11H2,1-2H3;1H/q+1;/p-1. The van der Waals surface area contributed by atoms with Crippen molar-refractivity contribution in [3.05, 3.63) is 0 Å². The van der Waals surface area contributed by atoms with Crippen molar-refractivity contribution in [3.63, 3.8) is 0 Å². The molecule has 1 fully saturated rings. The predicted octanol–water partition coefficient (Wildman–Crippen LogP) is -0.952. The van der Waals surface area contributed by atoms with E-state index in [2.05, 4.69) is 13.8 Å². The number of quaternary nitrogens is 1. The van der Waals surface area contributed by atoms with Gasteiger partial charge in [-0.15, -0.1) is 0 Å². The highest BCUT2D eigenvalue weighted by atomic mass is 79.9. The summed E-state index contributed by atoms with van der Waals surface area (Å²) in [6.45, 7) is 11.7. The van der Waals surface area contributed by atoms with E-state index < -0.39 is 0 Å². The molecule has 2 nitrogen and oxygen atoms in total. The van der Waals surface area contributed by atoms with Gasteiger partial charge in [0.25, 0.3) is 0 Å². The van der Waals surface area contributed by atoms with Gasteiger partial charge in [-0.1, -0.05) is 20.3 Å². The van der Waals surface area contributed by atoms with Gasteiger partial charge >= 0.3 is 0 Å². The van der Waals surface area contributed by atoms with Crippen molar-refractivity contribution in [1.82, 2.24) is 0 Å². The first-order valence-electron chi connectivity index (χ1n) is 5.76. The molecule has 14 heavy (non-hydrogen) atoms. The zero-order valence-electron chi connectivity index (χ0n) is 9.60. The van der Waals surface area contributed by atoms with Crippen LogP contribution in [0.4, 0.5) is 0 Å². The normalized spacial score (nSPS) is 20.1. The molecule has 0 atom stereocenters. The second-order valence-electron chi connectivity index (χ2n) is 4.20. The van der Waals surface area contributed by atoms with Gasteiger partial charge in [0.1, 0.15) is 13.1 Å². The molecule has 0 aliphatic carbocycles. The average molecular weight is 266 g/mol. The summed E-state index contributed by atoms with van der Waals surface area (Å²) in [4.78, 5) is 0. The molecule has 3 heteroatoms. The largest absolute Gasteiger partial charge is 1.00 e. The van der Waals surface area contributed by atoms with Crippen LogP contribution in [0.5, 0.6) is 0 Å².